The quantitative estimate of drug-likeness (QED) is 0.663. The number of amides is 2. The zero-order valence-electron chi connectivity index (χ0n) is 16.8. The number of hydrogen-bond donors (Lipinski definition) is 1. The molecule has 2 amide bonds. The molecule has 1 N–H and O–H groups in total. The summed E-state index contributed by atoms with van der Waals surface area (Å²) >= 11 is 2.92. The average molecular weight is 457 g/mol. The molecule has 160 valence electrons. The molecule has 1 fully saturated rings. The Morgan fingerprint density at radius 2 is 1.86 bits per heavy atom. The van der Waals surface area contributed by atoms with E-state index in [4.69, 9.17) is 0 Å². The van der Waals surface area contributed by atoms with Crippen LogP contribution in [0.2, 0.25) is 0 Å². The van der Waals surface area contributed by atoms with E-state index in [2.05, 4.69) is 27.0 Å². The highest BCUT2D eigenvalue weighted by atomic mass is 32.2. The summed E-state index contributed by atoms with van der Waals surface area (Å²) in [4.78, 5) is 17.5. The maximum Gasteiger partial charge on any atom is 0.317 e. The fraction of sp³-hybridized carbons (Fsp3) is 0.526. The molecule has 0 bridgehead atoms. The molecule has 1 aliphatic heterocycles. The summed E-state index contributed by atoms with van der Waals surface area (Å²) in [6.07, 6.45) is 0. The van der Waals surface area contributed by atoms with E-state index in [-0.39, 0.29) is 6.03 Å². The van der Waals surface area contributed by atoms with E-state index in [0.29, 0.717) is 36.9 Å². The molecule has 0 aliphatic carbocycles. The number of thiophene rings is 2. The normalized spacial score (nSPS) is 15.8. The summed E-state index contributed by atoms with van der Waals surface area (Å²) in [7, 11) is -3.44. The third-order valence-corrected chi connectivity index (χ3v) is 9.33. The van der Waals surface area contributed by atoms with Crippen LogP contribution in [0.4, 0.5) is 4.79 Å². The van der Waals surface area contributed by atoms with Crippen molar-refractivity contribution in [1.29, 1.82) is 0 Å². The second kappa shape index (κ2) is 10.0. The van der Waals surface area contributed by atoms with Gasteiger partial charge in [-0.1, -0.05) is 13.8 Å². The minimum absolute atomic E-state index is 0.0956. The van der Waals surface area contributed by atoms with Crippen LogP contribution in [0.25, 0.3) is 0 Å². The summed E-state index contributed by atoms with van der Waals surface area (Å²) < 4.78 is 26.9. The largest absolute Gasteiger partial charge is 0.333 e. The molecule has 0 unspecified atom stereocenters. The first-order valence-corrected chi connectivity index (χ1v) is 13.0. The lowest BCUT2D eigenvalue weighted by atomic mass is 10.2. The fourth-order valence-electron chi connectivity index (χ4n) is 3.31. The summed E-state index contributed by atoms with van der Waals surface area (Å²) in [5.41, 5.74) is 1.32. The number of nitrogens with zero attached hydrogens (tertiary/aromatic N) is 3. The number of nitrogens with one attached hydrogen (secondary N) is 1. The highest BCUT2D eigenvalue weighted by molar-refractivity contribution is 7.91. The van der Waals surface area contributed by atoms with Crippen LogP contribution in [0.5, 0.6) is 0 Å². The van der Waals surface area contributed by atoms with Crippen molar-refractivity contribution in [3.8, 4) is 0 Å². The predicted molar refractivity (Wildman–Crippen MR) is 118 cm³/mol. The van der Waals surface area contributed by atoms with Crippen LogP contribution in [0.1, 0.15) is 24.3 Å². The van der Waals surface area contributed by atoms with Crippen LogP contribution in [0.3, 0.4) is 0 Å². The van der Waals surface area contributed by atoms with Gasteiger partial charge in [-0.25, -0.2) is 13.2 Å². The number of carbonyl (C=O) groups excluding carboxylic acids is 1. The molecule has 2 aromatic rings. The van der Waals surface area contributed by atoms with E-state index in [0.717, 1.165) is 24.5 Å². The van der Waals surface area contributed by atoms with Crippen molar-refractivity contribution in [1.82, 2.24) is 19.4 Å². The molecule has 3 rings (SSSR count). The van der Waals surface area contributed by atoms with Gasteiger partial charge in [-0.05, 0) is 34.5 Å². The van der Waals surface area contributed by atoms with Crippen LogP contribution in [-0.4, -0.2) is 67.8 Å². The Hall–Kier alpha value is -1.46. The molecule has 1 saturated heterocycles. The van der Waals surface area contributed by atoms with Gasteiger partial charge in [0, 0.05) is 50.7 Å². The van der Waals surface area contributed by atoms with E-state index >= 15 is 0 Å². The van der Waals surface area contributed by atoms with Crippen molar-refractivity contribution in [3.63, 3.8) is 0 Å². The molecule has 7 nitrogen and oxygen atoms in total. The number of rotatable bonds is 8. The van der Waals surface area contributed by atoms with Crippen molar-refractivity contribution < 1.29 is 13.2 Å². The zero-order valence-corrected chi connectivity index (χ0v) is 19.3. The Morgan fingerprint density at radius 3 is 2.48 bits per heavy atom. The topological polar surface area (TPSA) is 73.0 Å². The average Bonchev–Trinajstić information content (AvgIpc) is 3.40. The highest BCUT2D eigenvalue weighted by Crippen LogP contribution is 2.25. The highest BCUT2D eigenvalue weighted by Gasteiger charge is 2.24. The molecule has 0 radical (unpaired) electrons. The lowest BCUT2D eigenvalue weighted by Crippen LogP contribution is -2.51. The van der Waals surface area contributed by atoms with Gasteiger partial charge in [0.1, 0.15) is 4.21 Å². The minimum Gasteiger partial charge on any atom is -0.333 e. The van der Waals surface area contributed by atoms with Crippen LogP contribution in [-0.2, 0) is 23.1 Å². The molecule has 2 aromatic heterocycles. The van der Waals surface area contributed by atoms with Crippen LogP contribution >= 0.6 is 22.7 Å². The van der Waals surface area contributed by atoms with Crippen molar-refractivity contribution >= 4 is 38.7 Å². The van der Waals surface area contributed by atoms with E-state index in [9.17, 15) is 13.2 Å². The van der Waals surface area contributed by atoms with E-state index in [1.165, 1.54) is 21.2 Å². The number of urea groups is 1. The first-order chi connectivity index (χ1) is 13.9. The molecular formula is C19H28N4O3S3. The van der Waals surface area contributed by atoms with Gasteiger partial charge < -0.3 is 10.2 Å². The summed E-state index contributed by atoms with van der Waals surface area (Å²) in [5.74, 6) is 0. The summed E-state index contributed by atoms with van der Waals surface area (Å²) in [6, 6.07) is 5.45. The number of hydrogen-bond acceptors (Lipinski definition) is 6. The molecule has 1 aliphatic rings. The molecule has 0 spiro atoms. The molecule has 29 heavy (non-hydrogen) atoms. The predicted octanol–water partition coefficient (Wildman–Crippen LogP) is 2.87. The second-order valence-corrected chi connectivity index (χ2v) is 11.0. The Morgan fingerprint density at radius 1 is 1.14 bits per heavy atom. The second-order valence-electron chi connectivity index (χ2n) is 6.86. The summed E-state index contributed by atoms with van der Waals surface area (Å²) in [6.45, 7) is 8.92. The van der Waals surface area contributed by atoms with Crippen molar-refractivity contribution in [3.05, 3.63) is 39.4 Å². The maximum atomic E-state index is 12.6. The van der Waals surface area contributed by atoms with Crippen molar-refractivity contribution in [2.45, 2.75) is 31.1 Å². The van der Waals surface area contributed by atoms with Gasteiger partial charge in [0.15, 0.2) is 0 Å². The van der Waals surface area contributed by atoms with Gasteiger partial charge in [-0.3, -0.25) is 4.90 Å². The number of piperazine rings is 1. The Kier molecular flexibility index (Phi) is 7.69. The van der Waals surface area contributed by atoms with E-state index in [1.54, 1.807) is 23.5 Å². The standard InChI is InChI=1S/C19H28N4O3S3/c1-3-23(4-2)29(25,26)18-6-5-17(28-18)13-20-19(24)22-10-8-21(9-11-22)14-16-7-12-27-15-16/h5-7,12,15H,3-4,8-11,13-14H2,1-2H3,(H,20,24). The smallest absolute Gasteiger partial charge is 0.317 e. The lowest BCUT2D eigenvalue weighted by molar-refractivity contribution is 0.135. The molecule has 0 saturated carbocycles. The lowest BCUT2D eigenvalue weighted by Gasteiger charge is -2.34. The third-order valence-electron chi connectivity index (χ3n) is 5.00. The van der Waals surface area contributed by atoms with E-state index < -0.39 is 10.0 Å². The van der Waals surface area contributed by atoms with Gasteiger partial charge in [0.25, 0.3) is 10.0 Å². The van der Waals surface area contributed by atoms with Gasteiger partial charge in [0.2, 0.25) is 0 Å². The zero-order chi connectivity index (χ0) is 20.9. The Bertz CT molecular complexity index is 884. The van der Waals surface area contributed by atoms with Crippen LogP contribution < -0.4 is 5.32 Å². The monoisotopic (exact) mass is 456 g/mol. The number of carbonyl (C=O) groups is 1. The van der Waals surface area contributed by atoms with E-state index in [1.807, 2.05) is 18.7 Å². The number of sulfonamides is 1. The minimum atomic E-state index is -3.44. The molecular weight excluding hydrogens is 428 g/mol. The first kappa shape index (κ1) is 22.2. The Labute approximate surface area is 181 Å². The first-order valence-electron chi connectivity index (χ1n) is 9.79. The third kappa shape index (κ3) is 5.58. The summed E-state index contributed by atoms with van der Waals surface area (Å²) in [5, 5.41) is 7.17. The van der Waals surface area contributed by atoms with Gasteiger partial charge in [-0.15, -0.1) is 11.3 Å². The SMILES string of the molecule is CCN(CC)S(=O)(=O)c1ccc(CNC(=O)N2CCN(Cc3ccsc3)CC2)s1. The van der Waals surface area contributed by atoms with Gasteiger partial charge in [0.05, 0.1) is 6.54 Å². The van der Waals surface area contributed by atoms with Crippen LogP contribution in [0.15, 0.2) is 33.2 Å². The Balaban J connectivity index is 1.47. The fourth-order valence-corrected chi connectivity index (χ4v) is 6.87. The van der Waals surface area contributed by atoms with Crippen molar-refractivity contribution in [2.24, 2.45) is 0 Å². The maximum absolute atomic E-state index is 12.6. The van der Waals surface area contributed by atoms with Gasteiger partial charge >= 0.3 is 6.03 Å². The molecule has 0 aromatic carbocycles. The molecule has 3 heterocycles. The van der Waals surface area contributed by atoms with Gasteiger partial charge in [-0.2, -0.15) is 15.6 Å². The molecule has 0 atom stereocenters. The van der Waals surface area contributed by atoms with Crippen molar-refractivity contribution in [2.75, 3.05) is 39.3 Å². The molecule has 10 heteroatoms. The van der Waals surface area contributed by atoms with Crippen LogP contribution in [0, 0.1) is 0 Å².